The van der Waals surface area contributed by atoms with Crippen molar-refractivity contribution in [2.45, 2.75) is 11.4 Å². The van der Waals surface area contributed by atoms with Crippen LogP contribution >= 0.6 is 0 Å². The Balaban J connectivity index is 2.05. The van der Waals surface area contributed by atoms with Crippen LogP contribution in [0.25, 0.3) is 0 Å². The van der Waals surface area contributed by atoms with Gasteiger partial charge in [-0.05, 0) is 29.8 Å². The van der Waals surface area contributed by atoms with Crippen molar-refractivity contribution in [1.82, 2.24) is 4.90 Å². The van der Waals surface area contributed by atoms with Gasteiger partial charge in [0.2, 0.25) is 6.41 Å². The van der Waals surface area contributed by atoms with Crippen LogP contribution in [0, 0.1) is 0 Å². The minimum Gasteiger partial charge on any atom is -0.493 e. The molecule has 0 unspecified atom stereocenters. The van der Waals surface area contributed by atoms with E-state index in [2.05, 4.69) is 0 Å². The van der Waals surface area contributed by atoms with E-state index in [1.165, 1.54) is 12.0 Å². The summed E-state index contributed by atoms with van der Waals surface area (Å²) in [6.07, 6.45) is 0.650. The molecule has 2 aromatic rings. The van der Waals surface area contributed by atoms with Crippen LogP contribution in [0.5, 0.6) is 11.5 Å². The molecule has 0 aliphatic carbocycles. The number of rotatable bonds is 9. The molecule has 0 saturated carbocycles. The topological polar surface area (TPSA) is 72.9 Å². The van der Waals surface area contributed by atoms with Crippen LogP contribution in [0.15, 0.2) is 53.4 Å². The van der Waals surface area contributed by atoms with Gasteiger partial charge in [-0.15, -0.1) is 0 Å². The predicted molar refractivity (Wildman–Crippen MR) is 94.5 cm³/mol. The molecule has 0 atom stereocenters. The molecule has 0 aliphatic rings. The molecule has 0 saturated heterocycles. The van der Waals surface area contributed by atoms with E-state index in [-0.39, 0.29) is 23.7 Å². The summed E-state index contributed by atoms with van der Waals surface area (Å²) < 4.78 is 35.0. The summed E-state index contributed by atoms with van der Waals surface area (Å²) in [5.74, 6) is 1.02. The third-order valence-corrected chi connectivity index (χ3v) is 5.44. The third kappa shape index (κ3) is 4.96. The van der Waals surface area contributed by atoms with E-state index >= 15 is 0 Å². The van der Waals surface area contributed by atoms with Gasteiger partial charge < -0.3 is 14.4 Å². The summed E-state index contributed by atoms with van der Waals surface area (Å²) in [5.41, 5.74) is 0.821. The second-order valence-corrected chi connectivity index (χ2v) is 7.51. The Kier molecular flexibility index (Phi) is 6.41. The van der Waals surface area contributed by atoms with Crippen LogP contribution in [0.2, 0.25) is 0 Å². The molecule has 0 fully saturated rings. The Morgan fingerprint density at radius 1 is 1.00 bits per heavy atom. The number of ether oxygens (including phenoxy) is 2. The van der Waals surface area contributed by atoms with Crippen molar-refractivity contribution in [3.63, 3.8) is 0 Å². The van der Waals surface area contributed by atoms with Gasteiger partial charge in [0.1, 0.15) is 0 Å². The van der Waals surface area contributed by atoms with Crippen LogP contribution in [0.3, 0.4) is 0 Å². The van der Waals surface area contributed by atoms with Crippen molar-refractivity contribution in [3.05, 3.63) is 54.1 Å². The lowest BCUT2D eigenvalue weighted by atomic mass is 10.2. The van der Waals surface area contributed by atoms with Gasteiger partial charge in [0.05, 0.1) is 24.9 Å². The molecule has 0 N–H and O–H groups in total. The molecule has 0 bridgehead atoms. The SMILES string of the molecule is COc1ccc(CN(C=O)CCS(=O)(=O)c2ccccc2)cc1OC. The summed E-state index contributed by atoms with van der Waals surface area (Å²) in [7, 11) is -0.348. The van der Waals surface area contributed by atoms with E-state index in [4.69, 9.17) is 9.47 Å². The van der Waals surface area contributed by atoms with Crippen molar-refractivity contribution >= 4 is 16.2 Å². The lowest BCUT2D eigenvalue weighted by Gasteiger charge is -2.18. The van der Waals surface area contributed by atoms with Gasteiger partial charge in [-0.3, -0.25) is 4.79 Å². The lowest BCUT2D eigenvalue weighted by molar-refractivity contribution is -0.118. The molecule has 6 nitrogen and oxygen atoms in total. The zero-order valence-electron chi connectivity index (χ0n) is 14.2. The minimum absolute atomic E-state index is 0.106. The number of carbonyl (C=O) groups excluding carboxylic acids is 1. The quantitative estimate of drug-likeness (QED) is 0.638. The van der Waals surface area contributed by atoms with Crippen molar-refractivity contribution in [2.75, 3.05) is 26.5 Å². The number of amides is 1. The summed E-state index contributed by atoms with van der Waals surface area (Å²) >= 11 is 0. The first-order chi connectivity index (χ1) is 12.0. The van der Waals surface area contributed by atoms with Gasteiger partial charge in [0.25, 0.3) is 0 Å². The van der Waals surface area contributed by atoms with Crippen LogP contribution < -0.4 is 9.47 Å². The Morgan fingerprint density at radius 3 is 2.28 bits per heavy atom. The maximum Gasteiger partial charge on any atom is 0.210 e. The van der Waals surface area contributed by atoms with Gasteiger partial charge in [0, 0.05) is 13.1 Å². The highest BCUT2D eigenvalue weighted by Gasteiger charge is 2.16. The number of sulfone groups is 1. The fourth-order valence-corrected chi connectivity index (χ4v) is 3.65. The zero-order chi connectivity index (χ0) is 18.3. The second kappa shape index (κ2) is 8.53. The molecule has 0 aromatic heterocycles. The summed E-state index contributed by atoms with van der Waals surface area (Å²) in [6.45, 7) is 0.392. The predicted octanol–water partition coefficient (Wildman–Crippen LogP) is 2.14. The maximum absolute atomic E-state index is 12.3. The van der Waals surface area contributed by atoms with Crippen LogP contribution in [-0.2, 0) is 21.2 Å². The highest BCUT2D eigenvalue weighted by molar-refractivity contribution is 7.91. The number of benzene rings is 2. The summed E-state index contributed by atoms with van der Waals surface area (Å²) in [5, 5.41) is 0. The molecule has 7 heteroatoms. The number of carbonyl (C=O) groups is 1. The Hall–Kier alpha value is -2.54. The molecule has 0 radical (unpaired) electrons. The molecule has 2 aromatic carbocycles. The normalized spacial score (nSPS) is 11.0. The van der Waals surface area contributed by atoms with Crippen molar-refractivity contribution in [3.8, 4) is 11.5 Å². The summed E-state index contributed by atoms with van der Waals surface area (Å²) in [6, 6.07) is 13.5. The van der Waals surface area contributed by atoms with Crippen LogP contribution in [0.1, 0.15) is 5.56 Å². The first-order valence-electron chi connectivity index (χ1n) is 7.68. The highest BCUT2D eigenvalue weighted by Crippen LogP contribution is 2.27. The molecule has 0 aliphatic heterocycles. The van der Waals surface area contributed by atoms with Crippen molar-refractivity contribution < 1.29 is 22.7 Å². The van der Waals surface area contributed by atoms with E-state index in [0.29, 0.717) is 17.9 Å². The van der Waals surface area contributed by atoms with Gasteiger partial charge >= 0.3 is 0 Å². The molecule has 134 valence electrons. The monoisotopic (exact) mass is 363 g/mol. The molecule has 0 heterocycles. The molecule has 1 amide bonds. The number of hydrogen-bond acceptors (Lipinski definition) is 5. The second-order valence-electron chi connectivity index (χ2n) is 5.40. The minimum atomic E-state index is -3.43. The van der Waals surface area contributed by atoms with E-state index < -0.39 is 9.84 Å². The molecular formula is C18H21NO5S. The third-order valence-electron chi connectivity index (χ3n) is 3.73. The largest absolute Gasteiger partial charge is 0.493 e. The van der Waals surface area contributed by atoms with Gasteiger partial charge in [-0.2, -0.15) is 0 Å². The Bertz CT molecular complexity index is 805. The zero-order valence-corrected chi connectivity index (χ0v) is 15.0. The first-order valence-corrected chi connectivity index (χ1v) is 9.33. The van der Waals surface area contributed by atoms with E-state index in [1.54, 1.807) is 49.6 Å². The molecule has 2 rings (SSSR count). The lowest BCUT2D eigenvalue weighted by Crippen LogP contribution is -2.28. The van der Waals surface area contributed by atoms with E-state index in [0.717, 1.165) is 5.56 Å². The maximum atomic E-state index is 12.3. The standard InChI is InChI=1S/C18H21NO5S/c1-23-17-9-8-15(12-18(17)24-2)13-19(14-20)10-11-25(21,22)16-6-4-3-5-7-16/h3-9,12,14H,10-11,13H2,1-2H3. The van der Waals surface area contributed by atoms with Crippen molar-refractivity contribution in [1.29, 1.82) is 0 Å². The van der Waals surface area contributed by atoms with Crippen LogP contribution in [0.4, 0.5) is 0 Å². The summed E-state index contributed by atoms with van der Waals surface area (Å²) in [4.78, 5) is 13.0. The fourth-order valence-electron chi connectivity index (χ4n) is 2.37. The average molecular weight is 363 g/mol. The fraction of sp³-hybridized carbons (Fsp3) is 0.278. The molecule has 25 heavy (non-hydrogen) atoms. The van der Waals surface area contributed by atoms with Crippen LogP contribution in [-0.4, -0.2) is 46.2 Å². The Labute approximate surface area is 147 Å². The average Bonchev–Trinajstić information content (AvgIpc) is 2.65. The van der Waals surface area contributed by atoms with Gasteiger partial charge in [-0.25, -0.2) is 8.42 Å². The Morgan fingerprint density at radius 2 is 1.68 bits per heavy atom. The van der Waals surface area contributed by atoms with E-state index in [9.17, 15) is 13.2 Å². The van der Waals surface area contributed by atoms with E-state index in [1.807, 2.05) is 6.07 Å². The molecule has 0 spiro atoms. The molecular weight excluding hydrogens is 342 g/mol. The van der Waals surface area contributed by atoms with Crippen molar-refractivity contribution in [2.24, 2.45) is 0 Å². The number of hydrogen-bond donors (Lipinski definition) is 0. The number of methoxy groups -OCH3 is 2. The highest BCUT2D eigenvalue weighted by atomic mass is 32.2. The smallest absolute Gasteiger partial charge is 0.210 e. The first kappa shape index (κ1) is 18.8. The number of nitrogens with zero attached hydrogens (tertiary/aromatic N) is 1. The van der Waals surface area contributed by atoms with Gasteiger partial charge in [-0.1, -0.05) is 24.3 Å². The van der Waals surface area contributed by atoms with Gasteiger partial charge in [0.15, 0.2) is 21.3 Å².